The van der Waals surface area contributed by atoms with Crippen molar-refractivity contribution in [2.75, 3.05) is 0 Å². The molecule has 0 aliphatic carbocycles. The van der Waals surface area contributed by atoms with Gasteiger partial charge in [-0.05, 0) is 72.1 Å². The molecule has 0 radical (unpaired) electrons. The van der Waals surface area contributed by atoms with E-state index in [2.05, 4.69) is 107 Å². The fourth-order valence-corrected chi connectivity index (χ4v) is 4.47. The average Bonchev–Trinajstić information content (AvgIpc) is 2.88. The number of para-hydroxylation sites is 2. The van der Waals surface area contributed by atoms with Crippen molar-refractivity contribution in [1.82, 2.24) is 4.57 Å². The maximum absolute atomic E-state index is 3.76. The van der Waals surface area contributed by atoms with Crippen LogP contribution in [-0.4, -0.2) is 4.57 Å². The predicted octanol–water partition coefficient (Wildman–Crippen LogP) is 7.07. The molecule has 108 valence electrons. The molecule has 4 heteroatoms. The Kier molecular flexibility index (Phi) is 3.63. The Bertz CT molecular complexity index is 1000. The van der Waals surface area contributed by atoms with Crippen LogP contribution in [0.15, 0.2) is 74.1 Å². The van der Waals surface area contributed by atoms with Gasteiger partial charge in [0.15, 0.2) is 0 Å². The molecular formula is C18H10Br3N. The average molecular weight is 480 g/mol. The summed E-state index contributed by atoms with van der Waals surface area (Å²) < 4.78 is 5.42. The summed E-state index contributed by atoms with van der Waals surface area (Å²) in [6.07, 6.45) is 0. The number of nitrogens with zero attached hydrogens (tertiary/aromatic N) is 1. The highest BCUT2D eigenvalue weighted by Gasteiger charge is 2.17. The minimum absolute atomic E-state index is 1.03. The lowest BCUT2D eigenvalue weighted by Crippen LogP contribution is -1.94. The number of rotatable bonds is 1. The van der Waals surface area contributed by atoms with Crippen LogP contribution in [0.1, 0.15) is 0 Å². The Morgan fingerprint density at radius 3 is 2.14 bits per heavy atom. The largest absolute Gasteiger partial charge is 0.308 e. The standard InChI is InChI=1S/C18H10Br3N/c19-14-10-13-12-8-4-5-9-15(12)22(11-6-2-1-3-7-11)18(13)17(21)16(14)20/h1-10H. The molecule has 3 aromatic carbocycles. The number of fused-ring (bicyclic) bond motifs is 3. The van der Waals surface area contributed by atoms with Crippen LogP contribution in [-0.2, 0) is 0 Å². The number of benzene rings is 3. The molecule has 0 fully saturated rings. The summed E-state index contributed by atoms with van der Waals surface area (Å²) in [4.78, 5) is 0. The van der Waals surface area contributed by atoms with E-state index in [1.165, 1.54) is 21.8 Å². The summed E-state index contributed by atoms with van der Waals surface area (Å²) in [7, 11) is 0. The second kappa shape index (κ2) is 5.52. The summed E-state index contributed by atoms with van der Waals surface area (Å²) in [6.45, 7) is 0. The molecule has 0 aliphatic rings. The molecule has 0 aliphatic heterocycles. The number of hydrogen-bond donors (Lipinski definition) is 0. The van der Waals surface area contributed by atoms with Crippen molar-refractivity contribution in [3.8, 4) is 5.69 Å². The molecule has 0 saturated carbocycles. The molecule has 0 saturated heterocycles. The lowest BCUT2D eigenvalue weighted by atomic mass is 10.2. The molecular weight excluding hydrogens is 470 g/mol. The highest BCUT2D eigenvalue weighted by atomic mass is 79.9. The molecule has 4 aromatic rings. The van der Waals surface area contributed by atoms with E-state index in [1.54, 1.807) is 0 Å². The summed E-state index contributed by atoms with van der Waals surface area (Å²) in [5.41, 5.74) is 3.53. The number of hydrogen-bond acceptors (Lipinski definition) is 0. The SMILES string of the molecule is Brc1cc2c3ccccc3n(-c3ccccc3)c2c(Br)c1Br. The zero-order valence-corrected chi connectivity index (χ0v) is 16.1. The Labute approximate surface area is 153 Å². The van der Waals surface area contributed by atoms with Gasteiger partial charge in [-0.1, -0.05) is 36.4 Å². The van der Waals surface area contributed by atoms with Crippen LogP contribution in [0.2, 0.25) is 0 Å². The highest BCUT2D eigenvalue weighted by molar-refractivity contribution is 9.14. The molecule has 1 nitrogen and oxygen atoms in total. The van der Waals surface area contributed by atoms with Crippen LogP contribution in [0.3, 0.4) is 0 Å². The quantitative estimate of drug-likeness (QED) is 0.257. The van der Waals surface area contributed by atoms with Gasteiger partial charge in [-0.25, -0.2) is 0 Å². The molecule has 0 spiro atoms. The second-order valence-electron chi connectivity index (χ2n) is 5.07. The summed E-state index contributed by atoms with van der Waals surface area (Å²) in [6, 6.07) is 21.1. The van der Waals surface area contributed by atoms with Gasteiger partial charge >= 0.3 is 0 Å². The van der Waals surface area contributed by atoms with E-state index in [0.717, 1.165) is 19.1 Å². The number of aromatic nitrogens is 1. The molecule has 0 amide bonds. The first-order valence-electron chi connectivity index (χ1n) is 6.80. The van der Waals surface area contributed by atoms with E-state index >= 15 is 0 Å². The Morgan fingerprint density at radius 1 is 0.682 bits per heavy atom. The van der Waals surface area contributed by atoms with Crippen molar-refractivity contribution >= 4 is 69.6 Å². The maximum Gasteiger partial charge on any atom is 0.0695 e. The van der Waals surface area contributed by atoms with Gasteiger partial charge in [0, 0.05) is 25.4 Å². The smallest absolute Gasteiger partial charge is 0.0695 e. The van der Waals surface area contributed by atoms with Gasteiger partial charge in [0.1, 0.15) is 0 Å². The normalized spacial score (nSPS) is 11.4. The van der Waals surface area contributed by atoms with Crippen molar-refractivity contribution in [3.63, 3.8) is 0 Å². The Hall–Kier alpha value is -1.10. The van der Waals surface area contributed by atoms with E-state index in [0.29, 0.717) is 0 Å². The first-order valence-corrected chi connectivity index (χ1v) is 9.18. The zero-order chi connectivity index (χ0) is 15.3. The Balaban J connectivity index is 2.29. The van der Waals surface area contributed by atoms with Gasteiger partial charge in [0.2, 0.25) is 0 Å². The maximum atomic E-state index is 3.76. The van der Waals surface area contributed by atoms with Crippen molar-refractivity contribution in [2.45, 2.75) is 0 Å². The van der Waals surface area contributed by atoms with Crippen molar-refractivity contribution in [3.05, 3.63) is 74.1 Å². The van der Waals surface area contributed by atoms with Gasteiger partial charge in [0.25, 0.3) is 0 Å². The molecule has 0 atom stereocenters. The third kappa shape index (κ3) is 2.08. The monoisotopic (exact) mass is 477 g/mol. The molecule has 0 bridgehead atoms. The van der Waals surface area contributed by atoms with Crippen LogP contribution in [0, 0.1) is 0 Å². The van der Waals surface area contributed by atoms with Gasteiger partial charge in [-0.15, -0.1) is 0 Å². The molecule has 22 heavy (non-hydrogen) atoms. The van der Waals surface area contributed by atoms with E-state index in [1.807, 2.05) is 6.07 Å². The first-order chi connectivity index (χ1) is 10.7. The predicted molar refractivity (Wildman–Crippen MR) is 104 cm³/mol. The number of halogens is 3. The van der Waals surface area contributed by atoms with Crippen LogP contribution >= 0.6 is 47.8 Å². The lowest BCUT2D eigenvalue weighted by molar-refractivity contribution is 1.17. The molecule has 0 N–H and O–H groups in total. The van der Waals surface area contributed by atoms with Crippen molar-refractivity contribution in [1.29, 1.82) is 0 Å². The zero-order valence-electron chi connectivity index (χ0n) is 11.4. The van der Waals surface area contributed by atoms with Crippen molar-refractivity contribution in [2.24, 2.45) is 0 Å². The summed E-state index contributed by atoms with van der Waals surface area (Å²) >= 11 is 11.0. The van der Waals surface area contributed by atoms with Gasteiger partial charge in [0.05, 0.1) is 15.5 Å². The fourth-order valence-electron chi connectivity index (χ4n) is 2.87. The minimum Gasteiger partial charge on any atom is -0.308 e. The van der Waals surface area contributed by atoms with Gasteiger partial charge < -0.3 is 4.57 Å². The van der Waals surface area contributed by atoms with Gasteiger partial charge in [-0.3, -0.25) is 0 Å². The first kappa shape index (κ1) is 14.5. The topological polar surface area (TPSA) is 4.93 Å². The second-order valence-corrected chi connectivity index (χ2v) is 7.51. The summed E-state index contributed by atoms with van der Waals surface area (Å²) in [5, 5.41) is 2.47. The van der Waals surface area contributed by atoms with Gasteiger partial charge in [-0.2, -0.15) is 0 Å². The minimum atomic E-state index is 1.03. The summed E-state index contributed by atoms with van der Waals surface area (Å²) in [5.74, 6) is 0. The van der Waals surface area contributed by atoms with Crippen LogP contribution in [0.4, 0.5) is 0 Å². The van der Waals surface area contributed by atoms with E-state index in [-0.39, 0.29) is 0 Å². The lowest BCUT2D eigenvalue weighted by Gasteiger charge is -2.10. The van der Waals surface area contributed by atoms with Crippen LogP contribution in [0.5, 0.6) is 0 Å². The highest BCUT2D eigenvalue weighted by Crippen LogP contribution is 2.42. The van der Waals surface area contributed by atoms with Crippen LogP contribution in [0.25, 0.3) is 27.5 Å². The van der Waals surface area contributed by atoms with Crippen molar-refractivity contribution < 1.29 is 0 Å². The third-order valence-corrected chi connectivity index (χ3v) is 7.09. The Morgan fingerprint density at radius 2 is 1.36 bits per heavy atom. The molecule has 0 unspecified atom stereocenters. The van der Waals surface area contributed by atoms with E-state index in [4.69, 9.17) is 0 Å². The molecule has 1 heterocycles. The molecule has 1 aromatic heterocycles. The van der Waals surface area contributed by atoms with Crippen LogP contribution < -0.4 is 0 Å². The third-order valence-electron chi connectivity index (χ3n) is 3.81. The van der Waals surface area contributed by atoms with E-state index < -0.39 is 0 Å². The fraction of sp³-hybridized carbons (Fsp3) is 0. The molecule has 4 rings (SSSR count). The van der Waals surface area contributed by atoms with E-state index in [9.17, 15) is 0 Å².